The SMILES string of the molecule is CCCn1c(=O)c2[nH]c(C(C=NCC3CC3)=CN)nc2n2ccnc12. The number of aromatic nitrogens is 5. The summed E-state index contributed by atoms with van der Waals surface area (Å²) in [7, 11) is 0. The van der Waals surface area contributed by atoms with Crippen molar-refractivity contribution < 1.29 is 0 Å². The molecular weight excluding hydrogens is 318 g/mol. The van der Waals surface area contributed by atoms with Crippen LogP contribution in [-0.2, 0) is 6.54 Å². The average molecular weight is 339 g/mol. The molecule has 0 aromatic carbocycles. The van der Waals surface area contributed by atoms with Crippen LogP contribution in [0, 0.1) is 5.92 Å². The molecule has 3 aromatic rings. The Balaban J connectivity index is 1.82. The first-order chi connectivity index (χ1) is 12.2. The molecule has 0 amide bonds. The molecule has 1 aliphatic rings. The zero-order chi connectivity index (χ0) is 17.4. The van der Waals surface area contributed by atoms with Gasteiger partial charge in [-0.3, -0.25) is 18.8 Å². The summed E-state index contributed by atoms with van der Waals surface area (Å²) in [5.41, 5.74) is 7.30. The maximum absolute atomic E-state index is 12.8. The number of hydrogen-bond donors (Lipinski definition) is 2. The molecule has 1 saturated carbocycles. The highest BCUT2D eigenvalue weighted by atomic mass is 16.1. The largest absolute Gasteiger partial charge is 0.404 e. The van der Waals surface area contributed by atoms with Crippen LogP contribution in [0.25, 0.3) is 22.5 Å². The number of aliphatic imine (C=N–C) groups is 1. The van der Waals surface area contributed by atoms with Crippen LogP contribution < -0.4 is 11.3 Å². The van der Waals surface area contributed by atoms with Gasteiger partial charge in [0, 0.05) is 37.9 Å². The van der Waals surface area contributed by atoms with Gasteiger partial charge in [0.05, 0.1) is 5.57 Å². The van der Waals surface area contributed by atoms with Crippen LogP contribution in [0.1, 0.15) is 32.0 Å². The first-order valence-electron chi connectivity index (χ1n) is 8.60. The number of allylic oxidation sites excluding steroid dienone is 1. The maximum Gasteiger partial charge on any atom is 0.280 e. The van der Waals surface area contributed by atoms with Gasteiger partial charge >= 0.3 is 0 Å². The van der Waals surface area contributed by atoms with Gasteiger partial charge in [0.2, 0.25) is 5.78 Å². The molecule has 8 heteroatoms. The van der Waals surface area contributed by atoms with Crippen LogP contribution in [-0.4, -0.2) is 36.7 Å². The molecule has 0 unspecified atom stereocenters. The van der Waals surface area contributed by atoms with Crippen molar-refractivity contribution in [1.29, 1.82) is 0 Å². The van der Waals surface area contributed by atoms with E-state index >= 15 is 0 Å². The molecule has 1 fully saturated rings. The van der Waals surface area contributed by atoms with Gasteiger partial charge in [0.25, 0.3) is 5.56 Å². The summed E-state index contributed by atoms with van der Waals surface area (Å²) in [4.78, 5) is 29.3. The van der Waals surface area contributed by atoms with E-state index < -0.39 is 0 Å². The van der Waals surface area contributed by atoms with Gasteiger partial charge in [-0.15, -0.1) is 0 Å². The molecule has 0 bridgehead atoms. The molecule has 25 heavy (non-hydrogen) atoms. The molecule has 3 N–H and O–H groups in total. The Morgan fingerprint density at radius 3 is 3.08 bits per heavy atom. The standard InChI is InChI=1S/C17H21N7O/c1-2-6-24-16(25)13-15(23-7-5-20-17(23)24)22-14(21-13)12(8-18)10-19-9-11-3-4-11/h5,7-8,10-11H,2-4,6,9,18H2,1H3,(H,21,22). The van der Waals surface area contributed by atoms with E-state index in [0.29, 0.717) is 40.8 Å². The lowest BCUT2D eigenvalue weighted by Gasteiger charge is -2.05. The highest BCUT2D eigenvalue weighted by molar-refractivity contribution is 6.08. The molecule has 3 heterocycles. The van der Waals surface area contributed by atoms with Gasteiger partial charge in [-0.2, -0.15) is 0 Å². The molecule has 130 valence electrons. The fourth-order valence-corrected chi connectivity index (χ4v) is 2.92. The van der Waals surface area contributed by atoms with Crippen LogP contribution in [0.15, 0.2) is 28.4 Å². The van der Waals surface area contributed by atoms with E-state index in [1.54, 1.807) is 23.2 Å². The number of imidazole rings is 2. The lowest BCUT2D eigenvalue weighted by molar-refractivity contribution is 0.663. The number of rotatable bonds is 6. The second-order valence-electron chi connectivity index (χ2n) is 6.40. The molecule has 0 atom stereocenters. The summed E-state index contributed by atoms with van der Waals surface area (Å²) in [5, 5.41) is 0. The molecule has 0 aliphatic heterocycles. The van der Waals surface area contributed by atoms with Gasteiger partial charge in [0.15, 0.2) is 11.2 Å². The van der Waals surface area contributed by atoms with Crippen LogP contribution in [0.2, 0.25) is 0 Å². The minimum absolute atomic E-state index is 0.124. The first-order valence-corrected chi connectivity index (χ1v) is 8.60. The van der Waals surface area contributed by atoms with Gasteiger partial charge in [-0.25, -0.2) is 9.97 Å². The van der Waals surface area contributed by atoms with E-state index in [4.69, 9.17) is 5.73 Å². The third-order valence-electron chi connectivity index (χ3n) is 4.43. The van der Waals surface area contributed by atoms with Crippen LogP contribution in [0.4, 0.5) is 0 Å². The smallest absolute Gasteiger partial charge is 0.280 e. The molecule has 0 spiro atoms. The van der Waals surface area contributed by atoms with Gasteiger partial charge in [0.1, 0.15) is 5.82 Å². The lowest BCUT2D eigenvalue weighted by Crippen LogP contribution is -2.23. The van der Waals surface area contributed by atoms with E-state index in [0.717, 1.165) is 13.0 Å². The van der Waals surface area contributed by atoms with Crippen molar-refractivity contribution in [3.8, 4) is 0 Å². The zero-order valence-electron chi connectivity index (χ0n) is 14.1. The van der Waals surface area contributed by atoms with Gasteiger partial charge in [-0.1, -0.05) is 6.92 Å². The summed E-state index contributed by atoms with van der Waals surface area (Å²) < 4.78 is 3.49. The fourth-order valence-electron chi connectivity index (χ4n) is 2.92. The molecule has 0 saturated heterocycles. The van der Waals surface area contributed by atoms with Gasteiger partial charge in [-0.05, 0) is 25.2 Å². The summed E-state index contributed by atoms with van der Waals surface area (Å²) in [6, 6.07) is 0. The lowest BCUT2D eigenvalue weighted by atomic mass is 10.3. The van der Waals surface area contributed by atoms with E-state index in [1.165, 1.54) is 19.0 Å². The Morgan fingerprint density at radius 2 is 2.36 bits per heavy atom. The molecule has 8 nitrogen and oxygen atoms in total. The van der Waals surface area contributed by atoms with E-state index in [9.17, 15) is 4.79 Å². The topological polar surface area (TPSA) is 106 Å². The Bertz CT molecular complexity index is 1030. The van der Waals surface area contributed by atoms with Crippen molar-refractivity contribution in [3.05, 3.63) is 34.8 Å². The van der Waals surface area contributed by atoms with Crippen LogP contribution in [0.3, 0.4) is 0 Å². The number of nitrogens with two attached hydrogens (primary N) is 1. The Morgan fingerprint density at radius 1 is 1.52 bits per heavy atom. The molecule has 0 radical (unpaired) electrons. The number of nitrogens with one attached hydrogen (secondary N) is 1. The minimum Gasteiger partial charge on any atom is -0.404 e. The number of fused-ring (bicyclic) bond motifs is 3. The van der Waals surface area contributed by atoms with Crippen molar-refractivity contribution in [2.75, 3.05) is 6.54 Å². The monoisotopic (exact) mass is 339 g/mol. The Kier molecular flexibility index (Phi) is 3.87. The average Bonchev–Trinajstić information content (AvgIpc) is 3.12. The van der Waals surface area contributed by atoms with E-state index in [-0.39, 0.29) is 5.56 Å². The Hall–Kier alpha value is -2.90. The van der Waals surface area contributed by atoms with Crippen LogP contribution in [0.5, 0.6) is 0 Å². The third-order valence-corrected chi connectivity index (χ3v) is 4.43. The number of hydrogen-bond acceptors (Lipinski definition) is 5. The number of H-pyrrole nitrogens is 1. The fraction of sp³-hybridized carbons (Fsp3) is 0.412. The summed E-state index contributed by atoms with van der Waals surface area (Å²) in [6.07, 6.45) is 10.0. The number of aromatic amines is 1. The third kappa shape index (κ3) is 2.73. The number of aryl methyl sites for hydroxylation is 1. The zero-order valence-corrected chi connectivity index (χ0v) is 14.1. The second-order valence-corrected chi connectivity index (χ2v) is 6.40. The molecular formula is C17H21N7O. The van der Waals surface area contributed by atoms with Crippen LogP contribution >= 0.6 is 0 Å². The minimum atomic E-state index is -0.124. The quantitative estimate of drug-likeness (QED) is 0.665. The highest BCUT2D eigenvalue weighted by Crippen LogP contribution is 2.28. The Labute approximate surface area is 144 Å². The summed E-state index contributed by atoms with van der Waals surface area (Å²) >= 11 is 0. The summed E-state index contributed by atoms with van der Waals surface area (Å²) in [6.45, 7) is 3.44. The maximum atomic E-state index is 12.8. The normalized spacial score (nSPS) is 15.8. The summed E-state index contributed by atoms with van der Waals surface area (Å²) in [5.74, 6) is 1.84. The van der Waals surface area contributed by atoms with Crippen molar-refractivity contribution in [3.63, 3.8) is 0 Å². The first kappa shape index (κ1) is 15.6. The molecule has 1 aliphatic carbocycles. The van der Waals surface area contributed by atoms with Crippen molar-refractivity contribution in [2.45, 2.75) is 32.7 Å². The van der Waals surface area contributed by atoms with Gasteiger partial charge < -0.3 is 10.7 Å². The van der Waals surface area contributed by atoms with Crippen molar-refractivity contribution in [1.82, 2.24) is 23.9 Å². The molecule has 4 rings (SSSR count). The van der Waals surface area contributed by atoms with E-state index in [2.05, 4.69) is 19.9 Å². The molecule has 3 aromatic heterocycles. The van der Waals surface area contributed by atoms with E-state index in [1.807, 2.05) is 11.3 Å². The number of nitrogens with zero attached hydrogens (tertiary/aromatic N) is 5. The predicted molar refractivity (Wildman–Crippen MR) is 97.6 cm³/mol. The predicted octanol–water partition coefficient (Wildman–Crippen LogP) is 1.56. The van der Waals surface area contributed by atoms with Crippen molar-refractivity contribution >= 4 is 28.7 Å². The van der Waals surface area contributed by atoms with Crippen molar-refractivity contribution in [2.24, 2.45) is 16.6 Å². The second kappa shape index (κ2) is 6.19. The highest BCUT2D eigenvalue weighted by Gasteiger charge is 2.20.